The lowest BCUT2D eigenvalue weighted by molar-refractivity contribution is 0.404. The van der Waals surface area contributed by atoms with Gasteiger partial charge in [-0.2, -0.15) is 5.10 Å². The number of aromatic nitrogens is 4. The van der Waals surface area contributed by atoms with Crippen LogP contribution in [0.5, 0.6) is 5.75 Å². The van der Waals surface area contributed by atoms with E-state index in [0.29, 0.717) is 0 Å². The Hall–Kier alpha value is -1.95. The number of fused-ring (bicyclic) bond motifs is 1. The first-order chi connectivity index (χ1) is 8.78. The van der Waals surface area contributed by atoms with Crippen molar-refractivity contribution in [2.75, 3.05) is 7.11 Å². The number of pyridine rings is 1. The first-order valence-corrected chi connectivity index (χ1v) is 6.28. The van der Waals surface area contributed by atoms with Crippen molar-refractivity contribution in [2.45, 2.75) is 16.7 Å². The number of hydrogen-bond donors (Lipinski definition) is 1. The highest BCUT2D eigenvalue weighted by Gasteiger charge is 2.10. The molecule has 0 amide bonds. The Morgan fingerprint density at radius 2 is 2.28 bits per heavy atom. The molecule has 6 heteroatoms. The maximum atomic E-state index is 5.41. The van der Waals surface area contributed by atoms with Gasteiger partial charge in [-0.05, 0) is 6.92 Å². The quantitative estimate of drug-likeness (QED) is 0.786. The van der Waals surface area contributed by atoms with Crippen LogP contribution in [0.2, 0.25) is 0 Å². The number of hydrogen-bond acceptors (Lipinski definition) is 4. The van der Waals surface area contributed by atoms with Gasteiger partial charge >= 0.3 is 0 Å². The summed E-state index contributed by atoms with van der Waals surface area (Å²) in [5.74, 6) is 0.819. The molecular weight excluding hydrogens is 248 g/mol. The van der Waals surface area contributed by atoms with Crippen molar-refractivity contribution < 1.29 is 4.74 Å². The minimum atomic E-state index is 0.819. The average molecular weight is 260 g/mol. The van der Waals surface area contributed by atoms with Gasteiger partial charge in [0.2, 0.25) is 0 Å². The van der Waals surface area contributed by atoms with Crippen molar-refractivity contribution in [3.63, 3.8) is 0 Å². The van der Waals surface area contributed by atoms with Gasteiger partial charge in [-0.1, -0.05) is 11.8 Å². The van der Waals surface area contributed by atoms with Crippen LogP contribution in [0.15, 0.2) is 40.6 Å². The summed E-state index contributed by atoms with van der Waals surface area (Å²) in [6.45, 7) is 2.03. The fraction of sp³-hybridized carbons (Fsp3) is 0.167. The van der Waals surface area contributed by atoms with E-state index >= 15 is 0 Å². The molecule has 0 bridgehead atoms. The predicted octanol–water partition coefficient (Wildman–Crippen LogP) is 2.53. The minimum Gasteiger partial charge on any atom is -0.495 e. The Bertz CT molecular complexity index is 675. The Labute approximate surface area is 108 Å². The zero-order chi connectivity index (χ0) is 12.5. The molecule has 0 atom stereocenters. The summed E-state index contributed by atoms with van der Waals surface area (Å²) < 4.78 is 7.45. The van der Waals surface area contributed by atoms with Gasteiger partial charge in [0.1, 0.15) is 11.4 Å². The van der Waals surface area contributed by atoms with Gasteiger partial charge in [0.05, 0.1) is 23.1 Å². The van der Waals surface area contributed by atoms with Crippen LogP contribution in [0.3, 0.4) is 0 Å². The summed E-state index contributed by atoms with van der Waals surface area (Å²) >= 11 is 1.61. The number of imidazole rings is 1. The molecule has 0 unspecified atom stereocenters. The summed E-state index contributed by atoms with van der Waals surface area (Å²) in [5.41, 5.74) is 1.99. The minimum absolute atomic E-state index is 0.819. The second-order valence-corrected chi connectivity index (χ2v) is 4.99. The number of methoxy groups -OCH3 is 1. The largest absolute Gasteiger partial charge is 0.495 e. The zero-order valence-electron chi connectivity index (χ0n) is 10.0. The third kappa shape index (κ3) is 1.84. The third-order valence-corrected chi connectivity index (χ3v) is 3.67. The maximum absolute atomic E-state index is 5.41. The fourth-order valence-electron chi connectivity index (χ4n) is 1.77. The van der Waals surface area contributed by atoms with Crippen molar-refractivity contribution in [1.82, 2.24) is 19.6 Å². The van der Waals surface area contributed by atoms with Gasteiger partial charge in [-0.25, -0.2) is 4.98 Å². The Morgan fingerprint density at radius 3 is 3.00 bits per heavy atom. The summed E-state index contributed by atoms with van der Waals surface area (Å²) in [6, 6.07) is 1.94. The normalized spacial score (nSPS) is 11.0. The molecule has 0 aliphatic carbocycles. The molecule has 18 heavy (non-hydrogen) atoms. The smallest absolute Gasteiger partial charge is 0.140 e. The van der Waals surface area contributed by atoms with E-state index in [1.807, 2.05) is 36.0 Å². The second-order valence-electron chi connectivity index (χ2n) is 3.87. The molecule has 5 nitrogen and oxygen atoms in total. The summed E-state index contributed by atoms with van der Waals surface area (Å²) in [4.78, 5) is 6.40. The molecule has 0 fully saturated rings. The molecule has 0 aliphatic rings. The number of aromatic amines is 1. The highest BCUT2D eigenvalue weighted by Crippen LogP contribution is 2.35. The van der Waals surface area contributed by atoms with Crippen LogP contribution in [-0.2, 0) is 0 Å². The molecule has 3 aromatic rings. The Morgan fingerprint density at radius 1 is 1.39 bits per heavy atom. The van der Waals surface area contributed by atoms with Gasteiger partial charge in [0.25, 0.3) is 0 Å². The molecule has 92 valence electrons. The van der Waals surface area contributed by atoms with Crippen LogP contribution in [-0.4, -0.2) is 26.7 Å². The average Bonchev–Trinajstić information content (AvgIpc) is 3.00. The van der Waals surface area contributed by atoms with E-state index in [4.69, 9.17) is 4.74 Å². The first kappa shape index (κ1) is 11.2. The number of nitrogens with zero attached hydrogens (tertiary/aromatic N) is 3. The van der Waals surface area contributed by atoms with Gasteiger partial charge in [-0.15, -0.1) is 0 Å². The number of aryl methyl sites for hydroxylation is 1. The second kappa shape index (κ2) is 4.38. The monoisotopic (exact) mass is 260 g/mol. The Balaban J connectivity index is 2.10. The van der Waals surface area contributed by atoms with E-state index in [-0.39, 0.29) is 0 Å². The van der Waals surface area contributed by atoms with Crippen molar-refractivity contribution >= 4 is 17.4 Å². The standard InChI is InChI=1S/C12H12N4OS/c1-8-4-13-12-3-10(17-2)11(7-16(8)12)18-9-5-14-15-6-9/h3-7H,1-2H3,(H,14,15). The SMILES string of the molecule is COc1cc2ncc(C)n2cc1Sc1cn[nH]c1. The summed E-state index contributed by atoms with van der Waals surface area (Å²) in [7, 11) is 1.67. The van der Waals surface area contributed by atoms with Crippen LogP contribution < -0.4 is 4.74 Å². The van der Waals surface area contributed by atoms with E-state index in [1.54, 1.807) is 25.1 Å². The predicted molar refractivity (Wildman–Crippen MR) is 69.2 cm³/mol. The van der Waals surface area contributed by atoms with Gasteiger partial charge in [-0.3, -0.25) is 5.10 Å². The molecule has 0 aliphatic heterocycles. The highest BCUT2D eigenvalue weighted by molar-refractivity contribution is 7.99. The molecule has 3 heterocycles. The van der Waals surface area contributed by atoms with Crippen LogP contribution in [0.25, 0.3) is 5.65 Å². The van der Waals surface area contributed by atoms with E-state index in [0.717, 1.165) is 26.9 Å². The first-order valence-electron chi connectivity index (χ1n) is 5.46. The van der Waals surface area contributed by atoms with E-state index in [2.05, 4.69) is 15.2 Å². The zero-order valence-corrected chi connectivity index (χ0v) is 10.9. The van der Waals surface area contributed by atoms with Crippen molar-refractivity contribution in [2.24, 2.45) is 0 Å². The molecule has 0 spiro atoms. The lowest BCUT2D eigenvalue weighted by Gasteiger charge is -2.08. The van der Waals surface area contributed by atoms with Crippen LogP contribution in [0.1, 0.15) is 5.69 Å². The molecule has 3 aromatic heterocycles. The molecule has 0 aromatic carbocycles. The molecule has 0 saturated heterocycles. The highest BCUT2D eigenvalue weighted by atomic mass is 32.2. The lowest BCUT2D eigenvalue weighted by Crippen LogP contribution is -1.93. The van der Waals surface area contributed by atoms with Crippen LogP contribution >= 0.6 is 11.8 Å². The maximum Gasteiger partial charge on any atom is 0.140 e. The van der Waals surface area contributed by atoms with Crippen molar-refractivity contribution in [3.05, 3.63) is 36.5 Å². The molecule has 1 N–H and O–H groups in total. The van der Waals surface area contributed by atoms with Gasteiger partial charge in [0.15, 0.2) is 0 Å². The number of rotatable bonds is 3. The lowest BCUT2D eigenvalue weighted by atomic mass is 10.4. The molecule has 3 rings (SSSR count). The number of ether oxygens (including phenoxy) is 1. The summed E-state index contributed by atoms with van der Waals surface area (Å²) in [5, 5.41) is 6.74. The van der Waals surface area contributed by atoms with E-state index in [9.17, 15) is 0 Å². The number of nitrogens with one attached hydrogen (secondary N) is 1. The third-order valence-electron chi connectivity index (χ3n) is 2.68. The van der Waals surface area contributed by atoms with Crippen LogP contribution in [0, 0.1) is 6.92 Å². The fourth-order valence-corrected chi connectivity index (χ4v) is 2.64. The molecule has 0 saturated carbocycles. The Kier molecular flexibility index (Phi) is 2.71. The van der Waals surface area contributed by atoms with Gasteiger partial charge in [0, 0.05) is 30.4 Å². The van der Waals surface area contributed by atoms with E-state index in [1.165, 1.54) is 0 Å². The summed E-state index contributed by atoms with van der Waals surface area (Å²) in [6.07, 6.45) is 7.53. The van der Waals surface area contributed by atoms with Gasteiger partial charge < -0.3 is 9.14 Å². The van der Waals surface area contributed by atoms with Crippen molar-refractivity contribution in [1.29, 1.82) is 0 Å². The molecular formula is C12H12N4OS. The van der Waals surface area contributed by atoms with Crippen molar-refractivity contribution in [3.8, 4) is 5.75 Å². The topological polar surface area (TPSA) is 55.2 Å². The molecule has 0 radical (unpaired) electrons. The van der Waals surface area contributed by atoms with E-state index < -0.39 is 0 Å². The van der Waals surface area contributed by atoms with Crippen LogP contribution in [0.4, 0.5) is 0 Å². The number of H-pyrrole nitrogens is 1.